The third kappa shape index (κ3) is 4.40. The molecule has 0 spiro atoms. The van der Waals surface area contributed by atoms with E-state index in [-0.39, 0.29) is 6.04 Å². The molecule has 10 nitrogen and oxygen atoms in total. The van der Waals surface area contributed by atoms with Crippen LogP contribution in [0.15, 0.2) is 40.9 Å². The Morgan fingerprint density at radius 2 is 1.69 bits per heavy atom. The summed E-state index contributed by atoms with van der Waals surface area (Å²) in [4.78, 5) is 19.0. The van der Waals surface area contributed by atoms with Gasteiger partial charge in [-0.25, -0.2) is 9.67 Å². The standard InChI is InChI=1S/C25H29N7O3/c1-17-4-3-5-19(16-17)20-6-7-32(29-20)25-27-22(31-10-14-34-15-11-31)21-24(28-25)35-23(26-21)18(2)30-8-12-33-13-9-30/h3-7,16,18H,8-15H2,1-2H3. The predicted molar refractivity (Wildman–Crippen MR) is 131 cm³/mol. The summed E-state index contributed by atoms with van der Waals surface area (Å²) in [6.07, 6.45) is 1.88. The molecule has 10 heteroatoms. The number of hydrogen-bond donors (Lipinski definition) is 0. The summed E-state index contributed by atoms with van der Waals surface area (Å²) in [5.41, 5.74) is 4.26. The van der Waals surface area contributed by atoms with Crippen molar-refractivity contribution in [1.29, 1.82) is 0 Å². The number of fused-ring (bicyclic) bond motifs is 1. The normalized spacial score (nSPS) is 18.3. The Balaban J connectivity index is 1.40. The molecule has 0 bridgehead atoms. The van der Waals surface area contributed by atoms with Gasteiger partial charge in [-0.3, -0.25) is 4.90 Å². The van der Waals surface area contributed by atoms with Gasteiger partial charge >= 0.3 is 0 Å². The van der Waals surface area contributed by atoms with Gasteiger partial charge in [0.15, 0.2) is 11.3 Å². The van der Waals surface area contributed by atoms with E-state index < -0.39 is 0 Å². The number of hydrogen-bond acceptors (Lipinski definition) is 9. The Bertz CT molecular complexity index is 1320. The van der Waals surface area contributed by atoms with Gasteiger partial charge in [0.2, 0.25) is 5.89 Å². The maximum Gasteiger partial charge on any atom is 0.255 e. The molecule has 35 heavy (non-hydrogen) atoms. The van der Waals surface area contributed by atoms with Crippen LogP contribution in [-0.4, -0.2) is 82.2 Å². The molecule has 6 rings (SSSR count). The van der Waals surface area contributed by atoms with Gasteiger partial charge in [-0.05, 0) is 26.0 Å². The van der Waals surface area contributed by atoms with Crippen LogP contribution in [0.2, 0.25) is 0 Å². The number of aromatic nitrogens is 5. The highest BCUT2D eigenvalue weighted by atomic mass is 16.5. The number of nitrogens with zero attached hydrogens (tertiary/aromatic N) is 7. The molecule has 2 aliphatic heterocycles. The van der Waals surface area contributed by atoms with Crippen LogP contribution in [0, 0.1) is 6.92 Å². The van der Waals surface area contributed by atoms with Crippen LogP contribution >= 0.6 is 0 Å². The van der Waals surface area contributed by atoms with E-state index in [1.807, 2.05) is 18.3 Å². The van der Waals surface area contributed by atoms with Crippen LogP contribution in [-0.2, 0) is 9.47 Å². The van der Waals surface area contributed by atoms with Gasteiger partial charge in [0, 0.05) is 37.9 Å². The maximum atomic E-state index is 6.24. The van der Waals surface area contributed by atoms with E-state index in [1.54, 1.807) is 4.68 Å². The topological polar surface area (TPSA) is 94.6 Å². The molecule has 0 amide bonds. The highest BCUT2D eigenvalue weighted by molar-refractivity contribution is 5.82. The van der Waals surface area contributed by atoms with E-state index >= 15 is 0 Å². The summed E-state index contributed by atoms with van der Waals surface area (Å²) in [6, 6.07) is 10.3. The van der Waals surface area contributed by atoms with Gasteiger partial charge < -0.3 is 18.8 Å². The lowest BCUT2D eigenvalue weighted by atomic mass is 10.1. The summed E-state index contributed by atoms with van der Waals surface area (Å²) in [5, 5.41) is 4.76. The minimum atomic E-state index is 0.0201. The van der Waals surface area contributed by atoms with E-state index in [1.165, 1.54) is 5.56 Å². The number of morpholine rings is 2. The van der Waals surface area contributed by atoms with Crippen LogP contribution in [0.25, 0.3) is 28.4 Å². The van der Waals surface area contributed by atoms with Gasteiger partial charge in [0.05, 0.1) is 38.2 Å². The highest BCUT2D eigenvalue weighted by Gasteiger charge is 2.27. The fourth-order valence-electron chi connectivity index (χ4n) is 4.60. The fourth-order valence-corrected chi connectivity index (χ4v) is 4.60. The van der Waals surface area contributed by atoms with Gasteiger partial charge in [-0.15, -0.1) is 0 Å². The van der Waals surface area contributed by atoms with Crippen molar-refractivity contribution < 1.29 is 13.9 Å². The van der Waals surface area contributed by atoms with Crippen LogP contribution in [0.5, 0.6) is 0 Å². The molecule has 2 aliphatic rings. The summed E-state index contributed by atoms with van der Waals surface area (Å²) in [5.74, 6) is 1.86. The highest BCUT2D eigenvalue weighted by Crippen LogP contribution is 2.30. The van der Waals surface area contributed by atoms with Crippen molar-refractivity contribution in [2.45, 2.75) is 19.9 Å². The third-order valence-corrected chi connectivity index (χ3v) is 6.61. The molecule has 5 heterocycles. The molecular weight excluding hydrogens is 446 g/mol. The molecule has 2 saturated heterocycles. The molecule has 1 aromatic carbocycles. The van der Waals surface area contributed by atoms with Crippen molar-refractivity contribution >= 4 is 17.0 Å². The molecule has 3 aromatic heterocycles. The second kappa shape index (κ2) is 9.37. The maximum absolute atomic E-state index is 6.24. The molecular formula is C25H29N7O3. The zero-order valence-corrected chi connectivity index (χ0v) is 20.1. The molecule has 0 N–H and O–H groups in total. The van der Waals surface area contributed by atoms with Gasteiger partial charge in [0.1, 0.15) is 0 Å². The van der Waals surface area contributed by atoms with Crippen molar-refractivity contribution in [1.82, 2.24) is 29.6 Å². The number of aryl methyl sites for hydroxylation is 1. The van der Waals surface area contributed by atoms with E-state index in [0.717, 1.165) is 56.5 Å². The summed E-state index contributed by atoms with van der Waals surface area (Å²) >= 11 is 0. The van der Waals surface area contributed by atoms with Crippen molar-refractivity contribution in [2.24, 2.45) is 0 Å². The van der Waals surface area contributed by atoms with Crippen molar-refractivity contribution in [2.75, 3.05) is 57.5 Å². The summed E-state index contributed by atoms with van der Waals surface area (Å²) in [6.45, 7) is 10.1. The van der Waals surface area contributed by atoms with E-state index in [4.69, 9.17) is 33.9 Å². The molecule has 182 valence electrons. The predicted octanol–water partition coefficient (Wildman–Crippen LogP) is 3.01. The lowest BCUT2D eigenvalue weighted by Gasteiger charge is -2.30. The first-order valence-corrected chi connectivity index (χ1v) is 12.1. The van der Waals surface area contributed by atoms with Crippen LogP contribution in [0.3, 0.4) is 0 Å². The van der Waals surface area contributed by atoms with Crippen LogP contribution in [0.1, 0.15) is 24.4 Å². The monoisotopic (exact) mass is 475 g/mol. The fraction of sp³-hybridized carbons (Fsp3) is 0.440. The number of oxazole rings is 1. The smallest absolute Gasteiger partial charge is 0.255 e. The quantitative estimate of drug-likeness (QED) is 0.432. The first-order chi connectivity index (χ1) is 17.2. The molecule has 1 unspecified atom stereocenters. The zero-order chi connectivity index (χ0) is 23.8. The zero-order valence-electron chi connectivity index (χ0n) is 20.1. The van der Waals surface area contributed by atoms with Gasteiger partial charge in [-0.2, -0.15) is 15.1 Å². The summed E-state index contributed by atoms with van der Waals surface area (Å²) in [7, 11) is 0. The second-order valence-corrected chi connectivity index (χ2v) is 8.99. The Labute approximate surface area is 203 Å². The number of rotatable bonds is 5. The minimum Gasteiger partial charge on any atom is -0.420 e. The molecule has 1 atom stereocenters. The van der Waals surface area contributed by atoms with E-state index in [2.05, 4.69) is 41.8 Å². The molecule has 0 aliphatic carbocycles. The lowest BCUT2D eigenvalue weighted by molar-refractivity contribution is 0.0149. The third-order valence-electron chi connectivity index (χ3n) is 6.61. The Morgan fingerprint density at radius 1 is 0.914 bits per heavy atom. The van der Waals surface area contributed by atoms with Crippen LogP contribution < -0.4 is 4.90 Å². The minimum absolute atomic E-state index is 0.0201. The molecule has 0 saturated carbocycles. The molecule has 2 fully saturated rings. The summed E-state index contributed by atoms with van der Waals surface area (Å²) < 4.78 is 19.0. The molecule has 0 radical (unpaired) electrons. The van der Waals surface area contributed by atoms with E-state index in [0.29, 0.717) is 36.3 Å². The number of ether oxygens (including phenoxy) is 2. The average Bonchev–Trinajstić information content (AvgIpc) is 3.57. The van der Waals surface area contributed by atoms with E-state index in [9.17, 15) is 0 Å². The van der Waals surface area contributed by atoms with Crippen molar-refractivity contribution in [3.63, 3.8) is 0 Å². The van der Waals surface area contributed by atoms with Crippen molar-refractivity contribution in [3.8, 4) is 17.2 Å². The Hall–Kier alpha value is -3.34. The second-order valence-electron chi connectivity index (χ2n) is 8.99. The lowest BCUT2D eigenvalue weighted by Crippen LogP contribution is -2.38. The first kappa shape index (κ1) is 22.1. The number of benzene rings is 1. The van der Waals surface area contributed by atoms with Crippen molar-refractivity contribution in [3.05, 3.63) is 48.0 Å². The molecule has 4 aromatic rings. The Morgan fingerprint density at radius 3 is 2.46 bits per heavy atom. The number of anilines is 1. The Kier molecular flexibility index (Phi) is 5.93. The van der Waals surface area contributed by atoms with Gasteiger partial charge in [-0.1, -0.05) is 23.8 Å². The van der Waals surface area contributed by atoms with Gasteiger partial charge in [0.25, 0.3) is 11.7 Å². The van der Waals surface area contributed by atoms with Crippen LogP contribution in [0.4, 0.5) is 5.82 Å². The SMILES string of the molecule is Cc1cccc(-c2ccn(-c3nc(N4CCOCC4)c4nc(C(C)N5CCOCC5)oc4n3)n2)c1. The largest absolute Gasteiger partial charge is 0.420 e. The first-order valence-electron chi connectivity index (χ1n) is 12.1. The average molecular weight is 476 g/mol.